The first kappa shape index (κ1) is 21.2. The standard InChI is InChI=1S/C21H21IN6O3/c1-12-18(22)20-24-16(13(2)29)10-17(28(20)25-12)27(21(30)31)11-14-5-4-6-15(9-14)19-23-7-8-26(19)3/h4-10,13,29H,11H2,1-3H3,(H,30,31). The predicted octanol–water partition coefficient (Wildman–Crippen LogP) is 3.78. The molecule has 160 valence electrons. The van der Waals surface area contributed by atoms with Gasteiger partial charge in [-0.15, -0.1) is 0 Å². The van der Waals surface area contributed by atoms with Crippen molar-refractivity contribution in [3.63, 3.8) is 0 Å². The number of nitrogens with zero attached hydrogens (tertiary/aromatic N) is 6. The number of aromatic nitrogens is 5. The summed E-state index contributed by atoms with van der Waals surface area (Å²) in [5.74, 6) is 1.12. The molecule has 0 aliphatic heterocycles. The maximum absolute atomic E-state index is 12.3. The highest BCUT2D eigenvalue weighted by Gasteiger charge is 2.23. The fraction of sp³-hybridized carbons (Fsp3) is 0.238. The van der Waals surface area contributed by atoms with Crippen LogP contribution in [-0.4, -0.2) is 40.5 Å². The van der Waals surface area contributed by atoms with Gasteiger partial charge in [0.05, 0.1) is 27.6 Å². The molecular weight excluding hydrogens is 511 g/mol. The number of hydrogen-bond donors (Lipinski definition) is 2. The molecule has 0 bridgehead atoms. The lowest BCUT2D eigenvalue weighted by Crippen LogP contribution is -2.31. The molecule has 0 spiro atoms. The first-order valence-corrected chi connectivity index (χ1v) is 10.6. The van der Waals surface area contributed by atoms with Gasteiger partial charge in [0.15, 0.2) is 5.65 Å². The van der Waals surface area contributed by atoms with Crippen LogP contribution in [-0.2, 0) is 13.6 Å². The molecule has 0 aliphatic carbocycles. The van der Waals surface area contributed by atoms with Crippen molar-refractivity contribution in [3.05, 3.63) is 63.2 Å². The van der Waals surface area contributed by atoms with Crippen molar-refractivity contribution in [1.82, 2.24) is 24.1 Å². The van der Waals surface area contributed by atoms with Crippen LogP contribution in [0.1, 0.15) is 30.0 Å². The van der Waals surface area contributed by atoms with Crippen LogP contribution in [0.2, 0.25) is 0 Å². The Kier molecular flexibility index (Phi) is 5.67. The number of rotatable bonds is 5. The van der Waals surface area contributed by atoms with E-state index in [1.165, 1.54) is 9.42 Å². The van der Waals surface area contributed by atoms with Crippen LogP contribution < -0.4 is 4.90 Å². The minimum absolute atomic E-state index is 0.0987. The minimum Gasteiger partial charge on any atom is -0.465 e. The molecule has 1 aromatic carbocycles. The van der Waals surface area contributed by atoms with Crippen molar-refractivity contribution in [3.8, 4) is 11.4 Å². The predicted molar refractivity (Wildman–Crippen MR) is 124 cm³/mol. The van der Waals surface area contributed by atoms with Gasteiger partial charge in [-0.25, -0.2) is 14.8 Å². The molecule has 1 amide bonds. The lowest BCUT2D eigenvalue weighted by molar-refractivity contribution is 0.193. The van der Waals surface area contributed by atoms with Crippen LogP contribution in [0.15, 0.2) is 42.7 Å². The largest absolute Gasteiger partial charge is 0.465 e. The van der Waals surface area contributed by atoms with Crippen LogP contribution in [0.4, 0.5) is 10.6 Å². The number of imidazole rings is 1. The first-order valence-electron chi connectivity index (χ1n) is 9.57. The van der Waals surface area contributed by atoms with E-state index in [1.807, 2.05) is 49.0 Å². The second-order valence-electron chi connectivity index (χ2n) is 7.28. The van der Waals surface area contributed by atoms with Crippen LogP contribution in [0.3, 0.4) is 0 Å². The van der Waals surface area contributed by atoms with Gasteiger partial charge in [-0.3, -0.25) is 4.90 Å². The van der Waals surface area contributed by atoms with Crippen molar-refractivity contribution in [2.75, 3.05) is 4.90 Å². The SMILES string of the molecule is Cc1nn2c(N(Cc3cccc(-c4nccn4C)c3)C(=O)O)cc(C(C)O)nc2c1I. The van der Waals surface area contributed by atoms with Crippen molar-refractivity contribution < 1.29 is 15.0 Å². The summed E-state index contributed by atoms with van der Waals surface area (Å²) in [6.07, 6.45) is 1.60. The van der Waals surface area contributed by atoms with E-state index in [2.05, 4.69) is 37.7 Å². The van der Waals surface area contributed by atoms with Crippen molar-refractivity contribution in [2.45, 2.75) is 26.5 Å². The molecule has 31 heavy (non-hydrogen) atoms. The molecule has 4 rings (SSSR count). The first-order chi connectivity index (χ1) is 14.8. The summed E-state index contributed by atoms with van der Waals surface area (Å²) in [5, 5.41) is 24.6. The third-order valence-electron chi connectivity index (χ3n) is 4.98. The van der Waals surface area contributed by atoms with Gasteiger partial charge in [-0.05, 0) is 48.1 Å². The molecule has 0 fully saturated rings. The van der Waals surface area contributed by atoms with Gasteiger partial charge >= 0.3 is 6.09 Å². The lowest BCUT2D eigenvalue weighted by atomic mass is 10.1. The van der Waals surface area contributed by atoms with E-state index in [0.29, 0.717) is 17.2 Å². The van der Waals surface area contributed by atoms with Crippen molar-refractivity contribution in [2.24, 2.45) is 7.05 Å². The van der Waals surface area contributed by atoms with Gasteiger partial charge in [0.2, 0.25) is 0 Å². The molecule has 2 N–H and O–H groups in total. The number of aryl methyl sites for hydroxylation is 2. The second kappa shape index (κ2) is 8.27. The summed E-state index contributed by atoms with van der Waals surface area (Å²) >= 11 is 2.13. The highest BCUT2D eigenvalue weighted by atomic mass is 127. The van der Waals surface area contributed by atoms with Gasteiger partial charge in [-0.1, -0.05) is 18.2 Å². The number of aliphatic hydroxyl groups is 1. The molecule has 1 atom stereocenters. The number of fused-ring (bicyclic) bond motifs is 1. The number of carbonyl (C=O) groups is 1. The number of aliphatic hydroxyl groups excluding tert-OH is 1. The van der Waals surface area contributed by atoms with Crippen LogP contribution >= 0.6 is 22.6 Å². The Labute approximate surface area is 192 Å². The second-order valence-corrected chi connectivity index (χ2v) is 8.36. The summed E-state index contributed by atoms with van der Waals surface area (Å²) in [6, 6.07) is 9.17. The molecular formula is C21H21IN6O3. The number of hydrogen-bond acceptors (Lipinski definition) is 5. The van der Waals surface area contributed by atoms with E-state index < -0.39 is 12.2 Å². The van der Waals surface area contributed by atoms with Crippen LogP contribution in [0.25, 0.3) is 17.0 Å². The Morgan fingerprint density at radius 1 is 1.32 bits per heavy atom. The minimum atomic E-state index is -1.13. The van der Waals surface area contributed by atoms with Gasteiger partial charge in [-0.2, -0.15) is 9.61 Å². The smallest absolute Gasteiger partial charge is 0.413 e. The monoisotopic (exact) mass is 532 g/mol. The number of carboxylic acid groups (broad SMARTS) is 1. The van der Waals surface area contributed by atoms with E-state index >= 15 is 0 Å². The molecule has 1 unspecified atom stereocenters. The quantitative estimate of drug-likeness (QED) is 0.379. The summed E-state index contributed by atoms with van der Waals surface area (Å²) < 4.78 is 4.23. The Bertz CT molecular complexity index is 1280. The summed E-state index contributed by atoms with van der Waals surface area (Å²) in [6.45, 7) is 3.53. The fourth-order valence-electron chi connectivity index (χ4n) is 3.39. The van der Waals surface area contributed by atoms with Gasteiger partial charge in [0.1, 0.15) is 11.6 Å². The molecule has 0 saturated carbocycles. The van der Waals surface area contributed by atoms with E-state index in [9.17, 15) is 15.0 Å². The molecule has 4 aromatic rings. The summed E-state index contributed by atoms with van der Waals surface area (Å²) in [5.41, 5.74) is 3.32. The zero-order chi connectivity index (χ0) is 22.3. The molecule has 9 nitrogen and oxygen atoms in total. The fourth-order valence-corrected chi connectivity index (χ4v) is 3.85. The average molecular weight is 532 g/mol. The number of amides is 1. The van der Waals surface area contributed by atoms with Gasteiger partial charge < -0.3 is 14.8 Å². The summed E-state index contributed by atoms with van der Waals surface area (Å²) in [7, 11) is 1.91. The van der Waals surface area contributed by atoms with Crippen molar-refractivity contribution >= 4 is 40.1 Å². The summed E-state index contributed by atoms with van der Waals surface area (Å²) in [4.78, 5) is 22.3. The average Bonchev–Trinajstić information content (AvgIpc) is 3.29. The van der Waals surface area contributed by atoms with Gasteiger partial charge in [0.25, 0.3) is 0 Å². The molecule has 3 heterocycles. The Balaban J connectivity index is 1.81. The number of anilines is 1. The zero-order valence-electron chi connectivity index (χ0n) is 17.2. The molecule has 0 aliphatic rings. The number of benzene rings is 1. The van der Waals surface area contributed by atoms with E-state index in [0.717, 1.165) is 26.2 Å². The molecule has 0 radical (unpaired) electrons. The Hall–Kier alpha value is -2.99. The third-order valence-corrected chi connectivity index (χ3v) is 6.24. The van der Waals surface area contributed by atoms with Gasteiger partial charge in [0, 0.05) is 31.1 Å². The molecule has 3 aromatic heterocycles. The lowest BCUT2D eigenvalue weighted by Gasteiger charge is -2.21. The zero-order valence-corrected chi connectivity index (χ0v) is 19.3. The maximum Gasteiger partial charge on any atom is 0.413 e. The van der Waals surface area contributed by atoms with E-state index in [1.54, 1.807) is 19.2 Å². The van der Waals surface area contributed by atoms with E-state index in [-0.39, 0.29) is 6.54 Å². The highest BCUT2D eigenvalue weighted by molar-refractivity contribution is 14.1. The number of halogens is 1. The normalized spacial score (nSPS) is 12.3. The Morgan fingerprint density at radius 2 is 2.10 bits per heavy atom. The highest BCUT2D eigenvalue weighted by Crippen LogP contribution is 2.27. The van der Waals surface area contributed by atoms with Crippen LogP contribution in [0, 0.1) is 10.5 Å². The molecule has 10 heteroatoms. The van der Waals surface area contributed by atoms with E-state index in [4.69, 9.17) is 0 Å². The third kappa shape index (κ3) is 4.00. The topological polar surface area (TPSA) is 109 Å². The van der Waals surface area contributed by atoms with Crippen molar-refractivity contribution in [1.29, 1.82) is 0 Å². The maximum atomic E-state index is 12.3. The molecule has 0 saturated heterocycles. The Morgan fingerprint density at radius 3 is 2.74 bits per heavy atom. The van der Waals surface area contributed by atoms with Crippen LogP contribution in [0.5, 0.6) is 0 Å².